The summed E-state index contributed by atoms with van der Waals surface area (Å²) in [5.41, 5.74) is 2.04. The maximum absolute atomic E-state index is 12.6. The molecular weight excluding hydrogens is 282 g/mol. The van der Waals surface area contributed by atoms with E-state index in [2.05, 4.69) is 22.0 Å². The van der Waals surface area contributed by atoms with Crippen LogP contribution in [0.25, 0.3) is 0 Å². The van der Waals surface area contributed by atoms with Gasteiger partial charge in [0.25, 0.3) is 0 Å². The monoisotopic (exact) mass is 305 g/mol. The van der Waals surface area contributed by atoms with Crippen molar-refractivity contribution >= 4 is 11.6 Å². The summed E-state index contributed by atoms with van der Waals surface area (Å²) < 4.78 is 0. The van der Waals surface area contributed by atoms with Crippen LogP contribution in [-0.4, -0.2) is 54.5 Å². The van der Waals surface area contributed by atoms with Crippen LogP contribution in [0.2, 0.25) is 0 Å². The molecule has 2 unspecified atom stereocenters. The number of carbonyl (C=O) groups excluding carboxylic acids is 1. The Morgan fingerprint density at radius 2 is 2.27 bits per heavy atom. The Hall–Kier alpha value is -1.63. The molecule has 6 heteroatoms. The summed E-state index contributed by atoms with van der Waals surface area (Å²) in [4.78, 5) is 12.6. The Labute approximate surface area is 129 Å². The summed E-state index contributed by atoms with van der Waals surface area (Å²) in [7, 11) is 0. The number of benzene rings is 1. The minimum Gasteiger partial charge on any atom is -0.394 e. The van der Waals surface area contributed by atoms with Gasteiger partial charge >= 0.3 is 0 Å². The maximum atomic E-state index is 12.6. The van der Waals surface area contributed by atoms with Gasteiger partial charge in [-0.2, -0.15) is 0 Å². The Morgan fingerprint density at radius 1 is 1.45 bits per heavy atom. The zero-order valence-corrected chi connectivity index (χ0v) is 12.5. The summed E-state index contributed by atoms with van der Waals surface area (Å²) >= 11 is 0. The van der Waals surface area contributed by atoms with Crippen molar-refractivity contribution in [2.75, 3.05) is 31.6 Å². The third-order valence-electron chi connectivity index (χ3n) is 4.75. The molecular formula is C16H23N3O3. The highest BCUT2D eigenvalue weighted by Crippen LogP contribution is 2.44. The fraction of sp³-hybridized carbons (Fsp3) is 0.562. The van der Waals surface area contributed by atoms with E-state index in [9.17, 15) is 9.90 Å². The number of nitrogens with one attached hydrogen (secondary N) is 3. The van der Waals surface area contributed by atoms with Gasteiger partial charge in [-0.1, -0.05) is 18.2 Å². The molecule has 0 radical (unpaired) electrons. The van der Waals surface area contributed by atoms with E-state index in [1.807, 2.05) is 18.2 Å². The molecule has 1 spiro atoms. The van der Waals surface area contributed by atoms with Crippen LogP contribution in [0.15, 0.2) is 24.3 Å². The van der Waals surface area contributed by atoms with Crippen molar-refractivity contribution < 1.29 is 15.0 Å². The molecule has 3 rings (SSSR count). The lowest BCUT2D eigenvalue weighted by Crippen LogP contribution is -2.51. The lowest BCUT2D eigenvalue weighted by molar-refractivity contribution is -0.123. The Morgan fingerprint density at radius 3 is 3.00 bits per heavy atom. The van der Waals surface area contributed by atoms with E-state index >= 15 is 0 Å². The molecule has 0 aromatic heterocycles. The first-order valence-corrected chi connectivity index (χ1v) is 7.81. The number of amides is 1. The van der Waals surface area contributed by atoms with Gasteiger partial charge in [0.1, 0.15) is 6.04 Å². The Balaban J connectivity index is 1.72. The van der Waals surface area contributed by atoms with Crippen molar-refractivity contribution in [3.8, 4) is 0 Å². The van der Waals surface area contributed by atoms with Crippen molar-refractivity contribution in [2.45, 2.75) is 30.4 Å². The van der Waals surface area contributed by atoms with Crippen LogP contribution < -0.4 is 16.0 Å². The van der Waals surface area contributed by atoms with Crippen LogP contribution in [0, 0.1) is 0 Å². The predicted octanol–water partition coefficient (Wildman–Crippen LogP) is -0.429. The fourth-order valence-electron chi connectivity index (χ4n) is 3.55. The van der Waals surface area contributed by atoms with Gasteiger partial charge in [0.05, 0.1) is 12.7 Å². The molecule has 120 valence electrons. The molecule has 5 N–H and O–H groups in total. The molecule has 1 saturated heterocycles. The standard InChI is InChI=1S/C16H23N3O3/c20-9-11(21)5-7-18-15(22)14-16(6-8-17-10-16)12-3-1-2-4-13(12)19-14/h1-4,11,14,17,19-21H,5-10H2,(H,18,22)/t11-,14?,16?/m0/s1. The number of para-hydroxylation sites is 1. The van der Waals surface area contributed by atoms with Gasteiger partial charge in [-0.25, -0.2) is 0 Å². The molecule has 3 atom stereocenters. The van der Waals surface area contributed by atoms with Gasteiger partial charge in [-0.15, -0.1) is 0 Å². The highest BCUT2D eigenvalue weighted by atomic mass is 16.3. The maximum Gasteiger partial charge on any atom is 0.243 e. The minimum absolute atomic E-state index is 0.0509. The van der Waals surface area contributed by atoms with Crippen LogP contribution in [-0.2, 0) is 10.2 Å². The molecule has 0 bridgehead atoms. The van der Waals surface area contributed by atoms with E-state index in [1.165, 1.54) is 5.56 Å². The Kier molecular flexibility index (Phi) is 4.33. The van der Waals surface area contributed by atoms with E-state index in [4.69, 9.17) is 5.11 Å². The largest absolute Gasteiger partial charge is 0.394 e. The molecule has 1 amide bonds. The van der Waals surface area contributed by atoms with Gasteiger partial charge < -0.3 is 26.2 Å². The molecule has 1 fully saturated rings. The van der Waals surface area contributed by atoms with E-state index in [1.54, 1.807) is 0 Å². The first kappa shape index (κ1) is 15.3. The normalized spacial score (nSPS) is 27.5. The van der Waals surface area contributed by atoms with E-state index in [0.29, 0.717) is 13.0 Å². The topological polar surface area (TPSA) is 93.6 Å². The molecule has 2 aliphatic heterocycles. The first-order chi connectivity index (χ1) is 10.7. The molecule has 1 aromatic carbocycles. The number of aliphatic hydroxyl groups is 2. The van der Waals surface area contributed by atoms with E-state index in [0.717, 1.165) is 25.2 Å². The summed E-state index contributed by atoms with van der Waals surface area (Å²) in [6.07, 6.45) is 0.498. The Bertz CT molecular complexity index is 543. The van der Waals surface area contributed by atoms with Gasteiger partial charge in [0.2, 0.25) is 5.91 Å². The number of fused-ring (bicyclic) bond motifs is 2. The van der Waals surface area contributed by atoms with Crippen molar-refractivity contribution in [1.29, 1.82) is 0 Å². The zero-order chi connectivity index (χ0) is 15.6. The molecule has 1 aromatic rings. The second-order valence-electron chi connectivity index (χ2n) is 6.12. The van der Waals surface area contributed by atoms with Crippen LogP contribution in [0.4, 0.5) is 5.69 Å². The third-order valence-corrected chi connectivity index (χ3v) is 4.75. The molecule has 22 heavy (non-hydrogen) atoms. The molecule has 2 aliphatic rings. The second kappa shape index (κ2) is 6.24. The number of hydrogen-bond acceptors (Lipinski definition) is 5. The highest BCUT2D eigenvalue weighted by Gasteiger charge is 2.51. The average molecular weight is 305 g/mol. The van der Waals surface area contributed by atoms with Gasteiger partial charge in [-0.3, -0.25) is 4.79 Å². The number of rotatable bonds is 5. The lowest BCUT2D eigenvalue weighted by atomic mass is 9.75. The van der Waals surface area contributed by atoms with Gasteiger partial charge in [-0.05, 0) is 31.0 Å². The predicted molar refractivity (Wildman–Crippen MR) is 83.7 cm³/mol. The molecule has 6 nitrogen and oxygen atoms in total. The average Bonchev–Trinajstić information content (AvgIpc) is 3.14. The summed E-state index contributed by atoms with van der Waals surface area (Å²) in [5.74, 6) is -0.0509. The minimum atomic E-state index is -0.781. The number of hydrogen-bond donors (Lipinski definition) is 5. The van der Waals surface area contributed by atoms with Crippen LogP contribution in [0.1, 0.15) is 18.4 Å². The summed E-state index contributed by atoms with van der Waals surface area (Å²) in [6, 6.07) is 7.79. The second-order valence-corrected chi connectivity index (χ2v) is 6.12. The molecule has 0 saturated carbocycles. The fourth-order valence-corrected chi connectivity index (χ4v) is 3.55. The number of aliphatic hydroxyl groups excluding tert-OH is 2. The molecule has 0 aliphatic carbocycles. The summed E-state index contributed by atoms with van der Waals surface area (Å²) in [5, 5.41) is 27.8. The van der Waals surface area contributed by atoms with Gasteiger partial charge in [0.15, 0.2) is 0 Å². The van der Waals surface area contributed by atoms with E-state index < -0.39 is 6.10 Å². The highest BCUT2D eigenvalue weighted by molar-refractivity contribution is 5.90. The number of anilines is 1. The van der Waals surface area contributed by atoms with E-state index in [-0.39, 0.29) is 24.0 Å². The third kappa shape index (κ3) is 2.58. The van der Waals surface area contributed by atoms with Crippen LogP contribution in [0.5, 0.6) is 0 Å². The van der Waals surface area contributed by atoms with Crippen molar-refractivity contribution in [1.82, 2.24) is 10.6 Å². The number of carbonyl (C=O) groups is 1. The first-order valence-electron chi connectivity index (χ1n) is 7.81. The lowest BCUT2D eigenvalue weighted by Gasteiger charge is -2.30. The SMILES string of the molecule is O=C(NCC[C@H](O)CO)C1Nc2ccccc2C12CCNC2. The summed E-state index contributed by atoms with van der Waals surface area (Å²) in [6.45, 7) is 1.77. The smallest absolute Gasteiger partial charge is 0.243 e. The zero-order valence-electron chi connectivity index (χ0n) is 12.5. The van der Waals surface area contributed by atoms with Crippen LogP contribution >= 0.6 is 0 Å². The quantitative estimate of drug-likeness (QED) is 0.509. The van der Waals surface area contributed by atoms with Crippen LogP contribution in [0.3, 0.4) is 0 Å². The van der Waals surface area contributed by atoms with Crippen molar-refractivity contribution in [3.05, 3.63) is 29.8 Å². The molecule has 2 heterocycles. The van der Waals surface area contributed by atoms with Crippen molar-refractivity contribution in [3.63, 3.8) is 0 Å². The van der Waals surface area contributed by atoms with Gasteiger partial charge in [0, 0.05) is 24.2 Å². The van der Waals surface area contributed by atoms with Crippen molar-refractivity contribution in [2.24, 2.45) is 0 Å².